The van der Waals surface area contributed by atoms with E-state index in [4.69, 9.17) is 9.47 Å². The fourth-order valence-electron chi connectivity index (χ4n) is 3.85. The summed E-state index contributed by atoms with van der Waals surface area (Å²) in [6.07, 6.45) is 1.38. The summed E-state index contributed by atoms with van der Waals surface area (Å²) in [6, 6.07) is 15.8. The number of hydrogen-bond donors (Lipinski definition) is 2. The van der Waals surface area contributed by atoms with Gasteiger partial charge in [0.1, 0.15) is 29.4 Å². The molecule has 0 radical (unpaired) electrons. The maximum absolute atomic E-state index is 13.2. The first-order valence-corrected chi connectivity index (χ1v) is 10.8. The van der Waals surface area contributed by atoms with Crippen molar-refractivity contribution in [3.63, 3.8) is 0 Å². The molecule has 1 fully saturated rings. The van der Waals surface area contributed by atoms with Crippen molar-refractivity contribution in [1.82, 2.24) is 5.32 Å². The molecule has 0 aliphatic carbocycles. The van der Waals surface area contributed by atoms with Crippen LogP contribution in [0.1, 0.15) is 22.3 Å². The van der Waals surface area contributed by atoms with Crippen molar-refractivity contribution < 1.29 is 29.0 Å². The number of barbiturate groups is 1. The number of urea groups is 1. The second kappa shape index (κ2) is 9.72. The summed E-state index contributed by atoms with van der Waals surface area (Å²) in [5.41, 5.74) is 3.64. The second-order valence-electron chi connectivity index (χ2n) is 8.16. The van der Waals surface area contributed by atoms with Crippen molar-refractivity contribution in [2.24, 2.45) is 0 Å². The number of anilines is 1. The SMILES string of the molecule is COc1ccc(/C=C2\C(=O)NC(=O)N(c3ccc(O)cc3)C2=O)c(OCc2cc(C)cc(C)c2)c1. The van der Waals surface area contributed by atoms with Crippen LogP contribution >= 0.6 is 0 Å². The minimum absolute atomic E-state index is 0.0192. The fraction of sp³-hybridized carbons (Fsp3) is 0.148. The van der Waals surface area contributed by atoms with Crippen LogP contribution in [0.25, 0.3) is 6.08 Å². The topological polar surface area (TPSA) is 105 Å². The van der Waals surface area contributed by atoms with E-state index in [-0.39, 0.29) is 23.6 Å². The van der Waals surface area contributed by atoms with E-state index >= 15 is 0 Å². The van der Waals surface area contributed by atoms with E-state index in [0.29, 0.717) is 17.1 Å². The number of rotatable bonds is 6. The van der Waals surface area contributed by atoms with Gasteiger partial charge in [0.05, 0.1) is 12.8 Å². The highest BCUT2D eigenvalue weighted by molar-refractivity contribution is 6.39. The summed E-state index contributed by atoms with van der Waals surface area (Å²) >= 11 is 0. The van der Waals surface area contributed by atoms with Gasteiger partial charge >= 0.3 is 6.03 Å². The van der Waals surface area contributed by atoms with Gasteiger partial charge < -0.3 is 14.6 Å². The summed E-state index contributed by atoms with van der Waals surface area (Å²) in [5, 5.41) is 11.7. The smallest absolute Gasteiger partial charge is 0.335 e. The zero-order chi connectivity index (χ0) is 25.1. The van der Waals surface area contributed by atoms with Gasteiger partial charge in [-0.2, -0.15) is 0 Å². The van der Waals surface area contributed by atoms with Gasteiger partial charge in [-0.25, -0.2) is 9.69 Å². The first-order chi connectivity index (χ1) is 16.7. The quantitative estimate of drug-likeness (QED) is 0.410. The number of aromatic hydroxyl groups is 1. The normalized spacial score (nSPS) is 14.8. The van der Waals surface area contributed by atoms with Crippen LogP contribution in [-0.2, 0) is 16.2 Å². The molecule has 3 aromatic carbocycles. The monoisotopic (exact) mass is 472 g/mol. The van der Waals surface area contributed by atoms with Crippen LogP contribution in [0.15, 0.2) is 66.2 Å². The van der Waals surface area contributed by atoms with Crippen molar-refractivity contribution in [1.29, 1.82) is 0 Å². The van der Waals surface area contributed by atoms with Crippen molar-refractivity contribution in [2.75, 3.05) is 12.0 Å². The van der Waals surface area contributed by atoms with E-state index in [9.17, 15) is 19.5 Å². The fourth-order valence-corrected chi connectivity index (χ4v) is 3.85. The molecule has 1 heterocycles. The van der Waals surface area contributed by atoms with E-state index in [2.05, 4.69) is 11.4 Å². The molecular formula is C27H24N2O6. The summed E-state index contributed by atoms with van der Waals surface area (Å²) in [5.74, 6) is -0.673. The van der Waals surface area contributed by atoms with Crippen molar-refractivity contribution in [2.45, 2.75) is 20.5 Å². The molecule has 1 saturated heterocycles. The Kier molecular flexibility index (Phi) is 6.55. The summed E-state index contributed by atoms with van der Waals surface area (Å²) in [4.78, 5) is 39.0. The number of nitrogens with zero attached hydrogens (tertiary/aromatic N) is 1. The molecular weight excluding hydrogens is 448 g/mol. The van der Waals surface area contributed by atoms with Crippen molar-refractivity contribution >= 4 is 29.6 Å². The van der Waals surface area contributed by atoms with Gasteiger partial charge in [0.15, 0.2) is 0 Å². The predicted octanol–water partition coefficient (Wildman–Crippen LogP) is 4.26. The van der Waals surface area contributed by atoms with Crippen LogP contribution in [0.2, 0.25) is 0 Å². The number of methoxy groups -OCH3 is 1. The Balaban J connectivity index is 1.68. The molecule has 0 atom stereocenters. The molecule has 1 aliphatic rings. The third-order valence-electron chi connectivity index (χ3n) is 5.41. The Bertz CT molecular complexity index is 1320. The Hall–Kier alpha value is -4.59. The number of amides is 4. The number of phenolic OH excluding ortho intramolecular Hbond substituents is 1. The summed E-state index contributed by atoms with van der Waals surface area (Å²) < 4.78 is 11.4. The van der Waals surface area contributed by atoms with Crippen molar-refractivity contribution in [3.05, 3.63) is 88.5 Å². The van der Waals surface area contributed by atoms with E-state index in [1.165, 1.54) is 37.5 Å². The molecule has 0 unspecified atom stereocenters. The van der Waals surface area contributed by atoms with Crippen molar-refractivity contribution in [3.8, 4) is 17.2 Å². The highest BCUT2D eigenvalue weighted by atomic mass is 16.5. The largest absolute Gasteiger partial charge is 0.508 e. The number of benzene rings is 3. The lowest BCUT2D eigenvalue weighted by molar-refractivity contribution is -0.122. The van der Waals surface area contributed by atoms with Crippen LogP contribution in [0.5, 0.6) is 17.2 Å². The molecule has 0 spiro atoms. The number of phenols is 1. The number of aryl methyl sites for hydroxylation is 2. The number of carbonyl (C=O) groups excluding carboxylic acids is 3. The molecule has 35 heavy (non-hydrogen) atoms. The average Bonchev–Trinajstić information content (AvgIpc) is 2.81. The molecule has 1 aliphatic heterocycles. The highest BCUT2D eigenvalue weighted by Gasteiger charge is 2.37. The lowest BCUT2D eigenvalue weighted by atomic mass is 10.1. The van der Waals surface area contributed by atoms with Gasteiger partial charge in [-0.1, -0.05) is 29.3 Å². The minimum atomic E-state index is -0.871. The number of hydrogen-bond acceptors (Lipinski definition) is 6. The van der Waals surface area contributed by atoms with E-state index < -0.39 is 17.8 Å². The van der Waals surface area contributed by atoms with Crippen LogP contribution in [0.4, 0.5) is 10.5 Å². The summed E-state index contributed by atoms with van der Waals surface area (Å²) in [6.45, 7) is 4.28. The van der Waals surface area contributed by atoms with E-state index in [1.807, 2.05) is 26.0 Å². The third-order valence-corrected chi connectivity index (χ3v) is 5.41. The molecule has 4 amide bonds. The first kappa shape index (κ1) is 23.6. The molecule has 4 rings (SSSR count). The Labute approximate surface area is 202 Å². The van der Waals surface area contributed by atoms with Gasteiger partial charge in [0, 0.05) is 11.6 Å². The number of carbonyl (C=O) groups is 3. The highest BCUT2D eigenvalue weighted by Crippen LogP contribution is 2.30. The number of imide groups is 2. The molecule has 0 saturated carbocycles. The molecule has 8 heteroatoms. The van der Waals surface area contributed by atoms with Gasteiger partial charge in [-0.15, -0.1) is 0 Å². The number of ether oxygens (including phenoxy) is 2. The van der Waals surface area contributed by atoms with Gasteiger partial charge in [0.25, 0.3) is 11.8 Å². The maximum Gasteiger partial charge on any atom is 0.335 e. The van der Waals surface area contributed by atoms with Crippen LogP contribution in [0.3, 0.4) is 0 Å². The van der Waals surface area contributed by atoms with E-state index in [1.54, 1.807) is 18.2 Å². The average molecular weight is 472 g/mol. The summed E-state index contributed by atoms with van der Waals surface area (Å²) in [7, 11) is 1.53. The second-order valence-corrected chi connectivity index (χ2v) is 8.16. The van der Waals surface area contributed by atoms with Gasteiger partial charge in [-0.3, -0.25) is 14.9 Å². The van der Waals surface area contributed by atoms with Gasteiger partial charge in [-0.05, 0) is 61.9 Å². The molecule has 0 aromatic heterocycles. The Morgan fingerprint density at radius 1 is 0.943 bits per heavy atom. The molecule has 178 valence electrons. The predicted molar refractivity (Wildman–Crippen MR) is 130 cm³/mol. The zero-order valence-electron chi connectivity index (χ0n) is 19.5. The lowest BCUT2D eigenvalue weighted by Gasteiger charge is -2.26. The van der Waals surface area contributed by atoms with Gasteiger partial charge in [0.2, 0.25) is 0 Å². The maximum atomic E-state index is 13.2. The van der Waals surface area contributed by atoms with Crippen LogP contribution < -0.4 is 19.7 Å². The zero-order valence-corrected chi connectivity index (χ0v) is 19.5. The van der Waals surface area contributed by atoms with Crippen LogP contribution in [-0.4, -0.2) is 30.1 Å². The molecule has 0 bridgehead atoms. The Morgan fingerprint density at radius 2 is 1.63 bits per heavy atom. The molecule has 2 N–H and O–H groups in total. The van der Waals surface area contributed by atoms with E-state index in [0.717, 1.165) is 21.6 Å². The lowest BCUT2D eigenvalue weighted by Crippen LogP contribution is -2.54. The molecule has 3 aromatic rings. The molecule has 8 nitrogen and oxygen atoms in total. The van der Waals surface area contributed by atoms with Crippen LogP contribution in [0, 0.1) is 13.8 Å². The number of nitrogens with one attached hydrogen (secondary N) is 1. The third kappa shape index (κ3) is 5.16. The minimum Gasteiger partial charge on any atom is -0.508 e. The Morgan fingerprint density at radius 3 is 2.29 bits per heavy atom. The standard InChI is InChI=1S/C27H24N2O6/c1-16-10-17(2)12-18(11-16)15-35-24-14-22(34-3)9-4-19(24)13-23-25(31)28-27(33)29(26(23)32)20-5-7-21(30)8-6-20/h4-14,30H,15H2,1-3H3,(H,28,31,33)/b23-13+. The first-order valence-electron chi connectivity index (χ1n) is 10.8.